The fourth-order valence-corrected chi connectivity index (χ4v) is 3.52. The van der Waals surface area contributed by atoms with Crippen LogP contribution in [0.15, 0.2) is 11.4 Å². The predicted molar refractivity (Wildman–Crippen MR) is 79.0 cm³/mol. The van der Waals surface area contributed by atoms with E-state index in [1.807, 2.05) is 0 Å². The summed E-state index contributed by atoms with van der Waals surface area (Å²) in [7, 11) is 2.14. The number of hydrogen-bond acceptors (Lipinski definition) is 4. The first-order chi connectivity index (χ1) is 8.57. The summed E-state index contributed by atoms with van der Waals surface area (Å²) in [5.74, 6) is 0. The van der Waals surface area contributed by atoms with E-state index in [2.05, 4.69) is 37.2 Å². The summed E-state index contributed by atoms with van der Waals surface area (Å²) in [5, 5.41) is 10.9. The van der Waals surface area contributed by atoms with Gasteiger partial charge in [0, 0.05) is 17.5 Å². The van der Waals surface area contributed by atoms with Gasteiger partial charge in [-0.3, -0.25) is 4.90 Å². The zero-order valence-electron chi connectivity index (χ0n) is 11.7. The Kier molecular flexibility index (Phi) is 6.86. The lowest BCUT2D eigenvalue weighted by atomic mass is 10.0. The zero-order chi connectivity index (χ0) is 13.5. The molecule has 0 aromatic carbocycles. The van der Waals surface area contributed by atoms with Crippen LogP contribution in [-0.2, 0) is 0 Å². The molecular formula is C14H26N2OS. The van der Waals surface area contributed by atoms with E-state index in [1.54, 1.807) is 11.3 Å². The summed E-state index contributed by atoms with van der Waals surface area (Å²) in [5.41, 5.74) is 7.49. The molecule has 1 aromatic heterocycles. The van der Waals surface area contributed by atoms with E-state index in [0.29, 0.717) is 12.6 Å². The Bertz CT molecular complexity index is 338. The molecule has 0 fully saturated rings. The molecule has 3 nitrogen and oxygen atoms in total. The Morgan fingerprint density at radius 1 is 1.39 bits per heavy atom. The molecule has 0 aliphatic rings. The number of nitrogens with zero attached hydrogens (tertiary/aromatic N) is 1. The van der Waals surface area contributed by atoms with Crippen LogP contribution in [0.5, 0.6) is 0 Å². The average molecular weight is 270 g/mol. The van der Waals surface area contributed by atoms with Gasteiger partial charge in [0.05, 0.1) is 6.04 Å². The molecule has 0 amide bonds. The minimum absolute atomic E-state index is 0.130. The molecule has 1 heterocycles. The monoisotopic (exact) mass is 270 g/mol. The minimum Gasteiger partial charge on any atom is -0.396 e. The number of unbranched alkanes of at least 4 members (excludes halogenated alkanes) is 2. The largest absolute Gasteiger partial charge is 0.396 e. The second-order valence-electron chi connectivity index (χ2n) is 5.04. The van der Waals surface area contributed by atoms with Crippen LogP contribution in [0.2, 0.25) is 0 Å². The van der Waals surface area contributed by atoms with Gasteiger partial charge in [-0.1, -0.05) is 0 Å². The first-order valence-corrected chi connectivity index (χ1v) is 7.56. The summed E-state index contributed by atoms with van der Waals surface area (Å²) >= 11 is 1.80. The van der Waals surface area contributed by atoms with E-state index < -0.39 is 0 Å². The number of rotatable bonds is 8. The van der Waals surface area contributed by atoms with Crippen molar-refractivity contribution in [3.05, 3.63) is 21.9 Å². The Balaban J connectivity index is 2.59. The Labute approximate surface area is 115 Å². The van der Waals surface area contributed by atoms with Crippen molar-refractivity contribution in [3.8, 4) is 0 Å². The fourth-order valence-electron chi connectivity index (χ4n) is 2.32. The maximum absolute atomic E-state index is 8.78. The van der Waals surface area contributed by atoms with Crippen LogP contribution in [0, 0.1) is 6.92 Å². The molecule has 0 saturated carbocycles. The number of likely N-dealkylation sites (N-methyl/N-ethyl adjacent to an activating group) is 1. The van der Waals surface area contributed by atoms with E-state index >= 15 is 0 Å². The Morgan fingerprint density at radius 3 is 2.61 bits per heavy atom. The highest BCUT2D eigenvalue weighted by atomic mass is 32.1. The maximum Gasteiger partial charge on any atom is 0.0590 e. The van der Waals surface area contributed by atoms with Crippen molar-refractivity contribution in [3.63, 3.8) is 0 Å². The highest BCUT2D eigenvalue weighted by molar-refractivity contribution is 7.10. The molecule has 1 rings (SSSR count). The normalized spacial score (nSPS) is 15.0. The van der Waals surface area contributed by atoms with Crippen molar-refractivity contribution in [2.75, 3.05) is 20.2 Å². The third-order valence-electron chi connectivity index (χ3n) is 3.31. The van der Waals surface area contributed by atoms with Gasteiger partial charge in [0.1, 0.15) is 0 Å². The van der Waals surface area contributed by atoms with Crippen molar-refractivity contribution < 1.29 is 5.11 Å². The number of aliphatic hydroxyl groups is 1. The van der Waals surface area contributed by atoms with Gasteiger partial charge in [0.25, 0.3) is 0 Å². The SMILES string of the molecule is Cc1ccsc1C(C(C)N)N(C)CCCCCO. The summed E-state index contributed by atoms with van der Waals surface area (Å²) in [6.45, 7) is 5.56. The third kappa shape index (κ3) is 4.35. The zero-order valence-corrected chi connectivity index (χ0v) is 12.5. The molecule has 0 saturated heterocycles. The lowest BCUT2D eigenvalue weighted by Crippen LogP contribution is -2.37. The van der Waals surface area contributed by atoms with Crippen molar-refractivity contribution in [2.45, 2.75) is 45.2 Å². The van der Waals surface area contributed by atoms with Crippen molar-refractivity contribution in [2.24, 2.45) is 5.73 Å². The van der Waals surface area contributed by atoms with Gasteiger partial charge >= 0.3 is 0 Å². The van der Waals surface area contributed by atoms with E-state index in [4.69, 9.17) is 10.8 Å². The molecule has 0 aliphatic heterocycles. The van der Waals surface area contributed by atoms with Gasteiger partial charge in [-0.25, -0.2) is 0 Å². The topological polar surface area (TPSA) is 49.5 Å². The van der Waals surface area contributed by atoms with Crippen LogP contribution in [0.3, 0.4) is 0 Å². The first-order valence-electron chi connectivity index (χ1n) is 6.68. The molecule has 104 valence electrons. The molecule has 2 unspecified atom stereocenters. The smallest absolute Gasteiger partial charge is 0.0590 e. The molecule has 0 aliphatic carbocycles. The molecule has 1 aromatic rings. The second kappa shape index (κ2) is 7.89. The highest BCUT2D eigenvalue weighted by Gasteiger charge is 2.23. The van der Waals surface area contributed by atoms with Gasteiger partial charge in [0.15, 0.2) is 0 Å². The Morgan fingerprint density at radius 2 is 2.11 bits per heavy atom. The standard InChI is InChI=1S/C14H26N2OS/c1-11-7-10-18-14(11)13(12(2)15)16(3)8-5-4-6-9-17/h7,10,12-13,17H,4-6,8-9,15H2,1-3H3. The van der Waals surface area contributed by atoms with E-state index in [9.17, 15) is 0 Å². The van der Waals surface area contributed by atoms with Gasteiger partial charge in [-0.15, -0.1) is 11.3 Å². The minimum atomic E-state index is 0.130. The van der Waals surface area contributed by atoms with Gasteiger partial charge in [-0.05, 0) is 63.7 Å². The first kappa shape index (κ1) is 15.6. The van der Waals surface area contributed by atoms with Crippen LogP contribution < -0.4 is 5.73 Å². The van der Waals surface area contributed by atoms with Gasteiger partial charge in [0.2, 0.25) is 0 Å². The third-order valence-corrected chi connectivity index (χ3v) is 4.40. The number of aryl methyl sites for hydroxylation is 1. The van der Waals surface area contributed by atoms with Crippen LogP contribution in [0.25, 0.3) is 0 Å². The van der Waals surface area contributed by atoms with E-state index in [1.165, 1.54) is 10.4 Å². The average Bonchev–Trinajstić information content (AvgIpc) is 2.71. The summed E-state index contributed by atoms with van der Waals surface area (Å²) in [6, 6.07) is 2.60. The molecule has 0 spiro atoms. The van der Waals surface area contributed by atoms with E-state index in [-0.39, 0.29) is 6.04 Å². The number of aliphatic hydroxyl groups excluding tert-OH is 1. The molecule has 4 heteroatoms. The van der Waals surface area contributed by atoms with E-state index in [0.717, 1.165) is 25.8 Å². The summed E-state index contributed by atoms with van der Waals surface area (Å²) < 4.78 is 0. The molecule has 3 N–H and O–H groups in total. The lowest BCUT2D eigenvalue weighted by molar-refractivity contribution is 0.213. The van der Waals surface area contributed by atoms with Crippen molar-refractivity contribution in [1.29, 1.82) is 0 Å². The second-order valence-corrected chi connectivity index (χ2v) is 5.98. The highest BCUT2D eigenvalue weighted by Crippen LogP contribution is 2.30. The molecule has 0 radical (unpaired) electrons. The molecular weight excluding hydrogens is 244 g/mol. The van der Waals surface area contributed by atoms with Crippen LogP contribution >= 0.6 is 11.3 Å². The molecule has 0 bridgehead atoms. The summed E-state index contributed by atoms with van der Waals surface area (Å²) in [4.78, 5) is 3.73. The van der Waals surface area contributed by atoms with Crippen molar-refractivity contribution in [1.82, 2.24) is 4.90 Å². The van der Waals surface area contributed by atoms with Gasteiger partial charge < -0.3 is 10.8 Å². The lowest BCUT2D eigenvalue weighted by Gasteiger charge is -2.31. The van der Waals surface area contributed by atoms with Crippen LogP contribution in [-0.4, -0.2) is 36.2 Å². The molecule has 18 heavy (non-hydrogen) atoms. The molecule has 2 atom stereocenters. The predicted octanol–water partition coefficient (Wildman–Crippen LogP) is 2.54. The number of nitrogens with two attached hydrogens (primary N) is 1. The van der Waals surface area contributed by atoms with Crippen LogP contribution in [0.1, 0.15) is 42.7 Å². The Hall–Kier alpha value is -0.420. The number of hydrogen-bond donors (Lipinski definition) is 2. The fraction of sp³-hybridized carbons (Fsp3) is 0.714. The quantitative estimate of drug-likeness (QED) is 0.714. The summed E-state index contributed by atoms with van der Waals surface area (Å²) in [6.07, 6.45) is 3.09. The van der Waals surface area contributed by atoms with Crippen LogP contribution in [0.4, 0.5) is 0 Å². The van der Waals surface area contributed by atoms with Crippen molar-refractivity contribution >= 4 is 11.3 Å². The number of thiophene rings is 1. The van der Waals surface area contributed by atoms with Gasteiger partial charge in [-0.2, -0.15) is 0 Å². The maximum atomic E-state index is 8.78.